The van der Waals surface area contributed by atoms with Crippen molar-refractivity contribution in [1.29, 1.82) is 0 Å². The molecule has 0 N–H and O–H groups in total. The average Bonchev–Trinajstić information content (AvgIpc) is 3.26. The van der Waals surface area contributed by atoms with Crippen molar-refractivity contribution >= 4 is 5.65 Å². The van der Waals surface area contributed by atoms with Gasteiger partial charge in [-0.1, -0.05) is 49.4 Å². The van der Waals surface area contributed by atoms with Gasteiger partial charge in [0.05, 0.1) is 17.5 Å². The highest BCUT2D eigenvalue weighted by molar-refractivity contribution is 5.77. The lowest BCUT2D eigenvalue weighted by Gasteiger charge is -2.30. The molecule has 0 saturated heterocycles. The number of alkyl halides is 3. The van der Waals surface area contributed by atoms with Gasteiger partial charge in [-0.15, -0.1) is 0 Å². The van der Waals surface area contributed by atoms with Crippen LogP contribution in [0, 0.1) is 12.8 Å². The van der Waals surface area contributed by atoms with Crippen LogP contribution in [0.2, 0.25) is 0 Å². The molecule has 34 heavy (non-hydrogen) atoms. The van der Waals surface area contributed by atoms with Crippen LogP contribution in [0.15, 0.2) is 73.1 Å². The van der Waals surface area contributed by atoms with E-state index in [0.717, 1.165) is 36.2 Å². The van der Waals surface area contributed by atoms with E-state index in [0.29, 0.717) is 23.4 Å². The summed E-state index contributed by atoms with van der Waals surface area (Å²) in [6, 6.07) is 17.1. The lowest BCUT2D eigenvalue weighted by atomic mass is 9.76. The van der Waals surface area contributed by atoms with Crippen molar-refractivity contribution in [3.63, 3.8) is 0 Å². The largest absolute Gasteiger partial charge is 0.416 e. The minimum Gasteiger partial charge on any atom is -0.385 e. The molecule has 4 aromatic rings. The van der Waals surface area contributed by atoms with Gasteiger partial charge in [0.2, 0.25) is 0 Å². The molecule has 1 unspecified atom stereocenters. The smallest absolute Gasteiger partial charge is 0.385 e. The Morgan fingerprint density at radius 1 is 1.00 bits per heavy atom. The SMILES string of the molecule is COCCC[CH]C(C)([CH]c1ccccc1)c1ccnc2c(-c3ccc(C(F)(F)F)cc3)cnn12. The van der Waals surface area contributed by atoms with Gasteiger partial charge in [0.1, 0.15) is 0 Å². The summed E-state index contributed by atoms with van der Waals surface area (Å²) >= 11 is 0. The molecule has 0 saturated carbocycles. The maximum atomic E-state index is 13.0. The number of nitrogens with zero attached hydrogens (tertiary/aromatic N) is 3. The molecule has 2 aromatic carbocycles. The first-order chi connectivity index (χ1) is 16.3. The number of rotatable bonds is 9. The van der Waals surface area contributed by atoms with Crippen LogP contribution < -0.4 is 0 Å². The van der Waals surface area contributed by atoms with Crippen LogP contribution in [-0.2, 0) is 16.3 Å². The van der Waals surface area contributed by atoms with Crippen molar-refractivity contribution in [2.24, 2.45) is 0 Å². The van der Waals surface area contributed by atoms with Crippen molar-refractivity contribution in [1.82, 2.24) is 14.6 Å². The highest BCUT2D eigenvalue weighted by Crippen LogP contribution is 2.36. The predicted molar refractivity (Wildman–Crippen MR) is 126 cm³/mol. The first-order valence-electron chi connectivity index (χ1n) is 11.1. The molecule has 0 aliphatic rings. The van der Waals surface area contributed by atoms with E-state index in [9.17, 15) is 13.2 Å². The first-order valence-corrected chi connectivity index (χ1v) is 11.1. The first kappa shape index (κ1) is 24.0. The van der Waals surface area contributed by atoms with Gasteiger partial charge in [-0.3, -0.25) is 0 Å². The quantitative estimate of drug-likeness (QED) is 0.263. The summed E-state index contributed by atoms with van der Waals surface area (Å²) in [4.78, 5) is 4.51. The van der Waals surface area contributed by atoms with E-state index in [2.05, 4.69) is 42.0 Å². The van der Waals surface area contributed by atoms with Crippen molar-refractivity contribution < 1.29 is 17.9 Å². The number of unbranched alkanes of at least 4 members (excludes halogenated alkanes) is 1. The number of hydrogen-bond donors (Lipinski definition) is 0. The van der Waals surface area contributed by atoms with Gasteiger partial charge in [-0.05, 0) is 48.6 Å². The van der Waals surface area contributed by atoms with Crippen molar-refractivity contribution in [2.75, 3.05) is 13.7 Å². The van der Waals surface area contributed by atoms with Crippen LogP contribution in [0.3, 0.4) is 0 Å². The number of hydrogen-bond acceptors (Lipinski definition) is 3. The summed E-state index contributed by atoms with van der Waals surface area (Å²) in [5.41, 5.74) is 2.74. The molecule has 1 atom stereocenters. The van der Waals surface area contributed by atoms with Crippen LogP contribution >= 0.6 is 0 Å². The zero-order valence-electron chi connectivity index (χ0n) is 19.1. The van der Waals surface area contributed by atoms with Crippen molar-refractivity contribution in [3.05, 3.63) is 103 Å². The van der Waals surface area contributed by atoms with E-state index in [-0.39, 0.29) is 0 Å². The van der Waals surface area contributed by atoms with Crippen LogP contribution in [0.1, 0.15) is 36.6 Å². The molecule has 4 nitrogen and oxygen atoms in total. The maximum absolute atomic E-state index is 13.0. The maximum Gasteiger partial charge on any atom is 0.416 e. The molecule has 0 aliphatic carbocycles. The van der Waals surface area contributed by atoms with Crippen LogP contribution in [0.5, 0.6) is 0 Å². The molecular formula is C27H26F3N3O. The third-order valence-corrected chi connectivity index (χ3v) is 5.86. The Morgan fingerprint density at radius 2 is 1.74 bits per heavy atom. The number of halogens is 3. The monoisotopic (exact) mass is 465 g/mol. The number of benzene rings is 2. The van der Waals surface area contributed by atoms with E-state index in [4.69, 9.17) is 4.74 Å². The van der Waals surface area contributed by atoms with Gasteiger partial charge >= 0.3 is 6.18 Å². The van der Waals surface area contributed by atoms with Gasteiger partial charge in [-0.2, -0.15) is 18.3 Å². The Labute approximate surface area is 197 Å². The number of fused-ring (bicyclic) bond motifs is 1. The number of aromatic nitrogens is 3. The third-order valence-electron chi connectivity index (χ3n) is 5.86. The Morgan fingerprint density at radius 3 is 2.41 bits per heavy atom. The Hall–Kier alpha value is -3.19. The predicted octanol–water partition coefficient (Wildman–Crippen LogP) is 6.56. The molecular weight excluding hydrogens is 439 g/mol. The second-order valence-electron chi connectivity index (χ2n) is 8.38. The lowest BCUT2D eigenvalue weighted by Crippen LogP contribution is -2.27. The molecule has 2 aromatic heterocycles. The molecule has 0 bridgehead atoms. The summed E-state index contributed by atoms with van der Waals surface area (Å²) in [6.45, 7) is 2.80. The van der Waals surface area contributed by atoms with Gasteiger partial charge < -0.3 is 4.74 Å². The Balaban J connectivity index is 1.73. The topological polar surface area (TPSA) is 39.4 Å². The van der Waals surface area contributed by atoms with Crippen molar-refractivity contribution in [2.45, 2.75) is 31.4 Å². The summed E-state index contributed by atoms with van der Waals surface area (Å²) in [6.07, 6.45) is 5.16. The van der Waals surface area contributed by atoms with E-state index < -0.39 is 17.2 Å². The van der Waals surface area contributed by atoms with Crippen LogP contribution in [0.25, 0.3) is 16.8 Å². The molecule has 0 aliphatic heterocycles. The van der Waals surface area contributed by atoms with E-state index in [1.54, 1.807) is 24.0 Å². The average molecular weight is 466 g/mol. The van der Waals surface area contributed by atoms with Crippen LogP contribution in [0.4, 0.5) is 13.2 Å². The number of ether oxygens (including phenoxy) is 1. The minimum atomic E-state index is -4.38. The Kier molecular flexibility index (Phi) is 7.03. The molecule has 7 heteroatoms. The summed E-state index contributed by atoms with van der Waals surface area (Å²) in [5.74, 6) is 0. The standard InChI is InChI=1S/C27H26F3N3O/c1-26(15-6-7-17-34-2,18-20-8-4-3-5-9-20)24-14-16-31-25-23(19-32-33(24)25)21-10-12-22(13-11-21)27(28,29)30/h3-5,8-16,18-19H,6-7,17H2,1-2H3. The second kappa shape index (κ2) is 9.97. The summed E-state index contributed by atoms with van der Waals surface area (Å²) in [5, 5.41) is 4.59. The van der Waals surface area contributed by atoms with Crippen molar-refractivity contribution in [3.8, 4) is 11.1 Å². The zero-order chi connectivity index (χ0) is 24.2. The summed E-state index contributed by atoms with van der Waals surface area (Å²) < 4.78 is 45.9. The number of methoxy groups -OCH3 is 1. The highest BCUT2D eigenvalue weighted by atomic mass is 19.4. The molecule has 4 rings (SSSR count). The molecule has 2 radical (unpaired) electrons. The fraction of sp³-hybridized carbons (Fsp3) is 0.259. The van der Waals surface area contributed by atoms with Crippen LogP contribution in [-0.4, -0.2) is 28.3 Å². The molecule has 2 heterocycles. The van der Waals surface area contributed by atoms with Gasteiger partial charge in [0, 0.05) is 37.3 Å². The Bertz CT molecular complexity index is 1220. The van der Waals surface area contributed by atoms with E-state index in [1.165, 1.54) is 12.1 Å². The molecule has 0 spiro atoms. The van der Waals surface area contributed by atoms with Gasteiger partial charge in [0.15, 0.2) is 5.65 Å². The summed E-state index contributed by atoms with van der Waals surface area (Å²) in [7, 11) is 1.69. The van der Waals surface area contributed by atoms with Gasteiger partial charge in [0.25, 0.3) is 0 Å². The fourth-order valence-electron chi connectivity index (χ4n) is 4.10. The van der Waals surface area contributed by atoms with E-state index >= 15 is 0 Å². The molecule has 0 fully saturated rings. The third kappa shape index (κ3) is 5.14. The highest BCUT2D eigenvalue weighted by Gasteiger charge is 2.32. The second-order valence-corrected chi connectivity index (χ2v) is 8.38. The zero-order valence-corrected chi connectivity index (χ0v) is 19.1. The van der Waals surface area contributed by atoms with Gasteiger partial charge in [-0.25, -0.2) is 9.50 Å². The molecule has 176 valence electrons. The lowest BCUT2D eigenvalue weighted by molar-refractivity contribution is -0.137. The normalized spacial score (nSPS) is 13.8. The van der Waals surface area contributed by atoms with E-state index in [1.807, 2.05) is 24.3 Å². The fourth-order valence-corrected chi connectivity index (χ4v) is 4.10. The molecule has 0 amide bonds. The minimum absolute atomic E-state index is 0.473.